The van der Waals surface area contributed by atoms with Crippen LogP contribution in [0.25, 0.3) is 0 Å². The fourth-order valence-corrected chi connectivity index (χ4v) is 2.22. The highest BCUT2D eigenvalue weighted by molar-refractivity contribution is 6.31. The van der Waals surface area contributed by atoms with Gasteiger partial charge in [-0.15, -0.1) is 0 Å². The van der Waals surface area contributed by atoms with Crippen molar-refractivity contribution in [2.45, 2.75) is 13.8 Å². The molecule has 21 heavy (non-hydrogen) atoms. The maximum absolute atomic E-state index is 11.2. The summed E-state index contributed by atoms with van der Waals surface area (Å²) in [5, 5.41) is 20.5. The van der Waals surface area contributed by atoms with Crippen LogP contribution in [0, 0.1) is 35.3 Å². The molecule has 0 saturated heterocycles. The lowest BCUT2D eigenvalue weighted by Gasteiger charge is -2.11. The van der Waals surface area contributed by atoms with E-state index in [0.717, 1.165) is 5.56 Å². The van der Waals surface area contributed by atoms with Gasteiger partial charge in [0.05, 0.1) is 9.95 Å². The van der Waals surface area contributed by atoms with Crippen LogP contribution in [0.2, 0.25) is 5.02 Å². The maximum Gasteiger partial charge on any atom is 0.312 e. The van der Waals surface area contributed by atoms with Gasteiger partial charge >= 0.3 is 5.69 Å². The van der Waals surface area contributed by atoms with Crippen molar-refractivity contribution in [3.63, 3.8) is 0 Å². The van der Waals surface area contributed by atoms with E-state index in [2.05, 4.69) is 0 Å². The zero-order valence-electron chi connectivity index (χ0n) is 11.4. The molecule has 0 aliphatic rings. The van der Waals surface area contributed by atoms with Crippen LogP contribution >= 0.6 is 11.6 Å². The number of ether oxygens (including phenoxy) is 1. The number of nitrogens with zero attached hydrogens (tertiary/aromatic N) is 2. The van der Waals surface area contributed by atoms with Crippen LogP contribution in [0.5, 0.6) is 11.5 Å². The second-order valence-corrected chi connectivity index (χ2v) is 4.92. The maximum atomic E-state index is 11.2. The molecule has 0 fully saturated rings. The van der Waals surface area contributed by atoms with Gasteiger partial charge in [0, 0.05) is 6.07 Å². The van der Waals surface area contributed by atoms with Gasteiger partial charge in [0.15, 0.2) is 0 Å². The monoisotopic (exact) mass is 302 g/mol. The molecule has 2 aromatic carbocycles. The van der Waals surface area contributed by atoms with Crippen LogP contribution in [-0.4, -0.2) is 4.92 Å². The Morgan fingerprint density at radius 2 is 2.05 bits per heavy atom. The summed E-state index contributed by atoms with van der Waals surface area (Å²) in [7, 11) is 0. The molecule has 0 aromatic heterocycles. The van der Waals surface area contributed by atoms with E-state index in [9.17, 15) is 10.1 Å². The summed E-state index contributed by atoms with van der Waals surface area (Å²) in [4.78, 5) is 10.7. The highest BCUT2D eigenvalue weighted by Crippen LogP contribution is 2.37. The fraction of sp³-hybridized carbons (Fsp3) is 0.133. The first kappa shape index (κ1) is 14.8. The Labute approximate surface area is 126 Å². The highest BCUT2D eigenvalue weighted by atomic mass is 35.5. The molecule has 0 unspecified atom stereocenters. The lowest BCUT2D eigenvalue weighted by atomic mass is 10.1. The van der Waals surface area contributed by atoms with Crippen molar-refractivity contribution in [1.29, 1.82) is 5.26 Å². The number of benzene rings is 2. The van der Waals surface area contributed by atoms with Crippen molar-refractivity contribution >= 4 is 17.3 Å². The number of nitro benzene ring substituents is 1. The lowest BCUT2D eigenvalue weighted by Crippen LogP contribution is -1.98. The first-order valence-electron chi connectivity index (χ1n) is 6.06. The minimum absolute atomic E-state index is 0.115. The number of hydrogen-bond acceptors (Lipinski definition) is 4. The zero-order valence-corrected chi connectivity index (χ0v) is 12.1. The van der Waals surface area contributed by atoms with E-state index in [-0.39, 0.29) is 27.8 Å². The summed E-state index contributed by atoms with van der Waals surface area (Å²) in [5.74, 6) is 0.310. The summed E-state index contributed by atoms with van der Waals surface area (Å²) >= 11 is 5.93. The Bertz CT molecular complexity index is 766. The standard InChI is InChI=1S/C15H11ClN2O3/c1-9-6-10(2)15(13(7-9)18(19)20)21-14-5-3-4-12(16)11(14)8-17/h3-7H,1-2H3. The molecule has 0 amide bonds. The van der Waals surface area contributed by atoms with Crippen molar-refractivity contribution in [2.75, 3.05) is 0 Å². The van der Waals surface area contributed by atoms with E-state index in [1.165, 1.54) is 6.07 Å². The quantitative estimate of drug-likeness (QED) is 0.616. The zero-order chi connectivity index (χ0) is 15.6. The molecule has 0 saturated carbocycles. The first-order chi connectivity index (χ1) is 9.93. The number of nitro groups is 1. The molecule has 0 aliphatic carbocycles. The van der Waals surface area contributed by atoms with Gasteiger partial charge in [-0.05, 0) is 37.1 Å². The third kappa shape index (κ3) is 2.96. The first-order valence-corrected chi connectivity index (χ1v) is 6.44. The molecular weight excluding hydrogens is 292 g/mol. The summed E-state index contributed by atoms with van der Waals surface area (Å²) in [6, 6.07) is 9.87. The molecule has 6 heteroatoms. The topological polar surface area (TPSA) is 76.2 Å². The van der Waals surface area contributed by atoms with Crippen molar-refractivity contribution in [3.05, 3.63) is 62.2 Å². The normalized spacial score (nSPS) is 10.0. The van der Waals surface area contributed by atoms with Crippen molar-refractivity contribution < 1.29 is 9.66 Å². The Balaban J connectivity index is 2.58. The van der Waals surface area contributed by atoms with Crippen LogP contribution < -0.4 is 4.74 Å². The highest BCUT2D eigenvalue weighted by Gasteiger charge is 2.20. The second kappa shape index (κ2) is 5.81. The van der Waals surface area contributed by atoms with E-state index in [1.807, 2.05) is 6.07 Å². The van der Waals surface area contributed by atoms with Gasteiger partial charge in [0.2, 0.25) is 5.75 Å². The molecule has 0 N–H and O–H groups in total. The van der Waals surface area contributed by atoms with Crippen LogP contribution in [0.15, 0.2) is 30.3 Å². The predicted octanol–water partition coefficient (Wildman–Crippen LogP) is 4.53. The smallest absolute Gasteiger partial charge is 0.312 e. The van der Waals surface area contributed by atoms with Gasteiger partial charge in [-0.1, -0.05) is 23.7 Å². The van der Waals surface area contributed by atoms with Gasteiger partial charge in [-0.3, -0.25) is 10.1 Å². The summed E-state index contributed by atoms with van der Waals surface area (Å²) in [5.41, 5.74) is 1.38. The molecule has 0 aliphatic heterocycles. The molecule has 2 rings (SSSR count). The van der Waals surface area contributed by atoms with Crippen molar-refractivity contribution in [1.82, 2.24) is 0 Å². The molecule has 0 spiro atoms. The summed E-state index contributed by atoms with van der Waals surface area (Å²) in [6.07, 6.45) is 0. The summed E-state index contributed by atoms with van der Waals surface area (Å²) < 4.78 is 5.61. The number of nitriles is 1. The van der Waals surface area contributed by atoms with Gasteiger partial charge in [0.25, 0.3) is 0 Å². The third-order valence-electron chi connectivity index (χ3n) is 2.90. The summed E-state index contributed by atoms with van der Waals surface area (Å²) in [6.45, 7) is 3.48. The second-order valence-electron chi connectivity index (χ2n) is 4.51. The van der Waals surface area contributed by atoms with Gasteiger partial charge in [-0.2, -0.15) is 5.26 Å². The van der Waals surface area contributed by atoms with E-state index in [4.69, 9.17) is 21.6 Å². The Hall–Kier alpha value is -2.58. The number of aryl methyl sites for hydroxylation is 2. The minimum atomic E-state index is -0.508. The molecule has 0 radical (unpaired) electrons. The SMILES string of the molecule is Cc1cc(C)c(Oc2cccc(Cl)c2C#N)c([N+](=O)[O-])c1. The lowest BCUT2D eigenvalue weighted by molar-refractivity contribution is -0.385. The van der Waals surface area contributed by atoms with Crippen molar-refractivity contribution in [3.8, 4) is 17.6 Å². The Morgan fingerprint density at radius 3 is 2.67 bits per heavy atom. The molecular formula is C15H11ClN2O3. The molecule has 2 aromatic rings. The molecule has 0 atom stereocenters. The number of rotatable bonds is 3. The van der Waals surface area contributed by atoms with Crippen LogP contribution in [0.1, 0.15) is 16.7 Å². The Morgan fingerprint density at radius 1 is 1.33 bits per heavy atom. The van der Waals surface area contributed by atoms with E-state index in [1.54, 1.807) is 38.1 Å². The molecule has 5 nitrogen and oxygen atoms in total. The molecule has 0 bridgehead atoms. The van der Waals surface area contributed by atoms with Crippen LogP contribution in [0.3, 0.4) is 0 Å². The van der Waals surface area contributed by atoms with Crippen molar-refractivity contribution in [2.24, 2.45) is 0 Å². The van der Waals surface area contributed by atoms with Gasteiger partial charge in [-0.25, -0.2) is 0 Å². The number of hydrogen-bond donors (Lipinski definition) is 0. The van der Waals surface area contributed by atoms with Crippen LogP contribution in [-0.2, 0) is 0 Å². The number of halogens is 1. The third-order valence-corrected chi connectivity index (χ3v) is 3.21. The molecule has 0 heterocycles. The van der Waals surface area contributed by atoms with Gasteiger partial charge in [0.1, 0.15) is 17.4 Å². The average Bonchev–Trinajstić information content (AvgIpc) is 2.41. The molecule has 106 valence electrons. The van der Waals surface area contributed by atoms with E-state index >= 15 is 0 Å². The van der Waals surface area contributed by atoms with Crippen LogP contribution in [0.4, 0.5) is 5.69 Å². The largest absolute Gasteiger partial charge is 0.448 e. The predicted molar refractivity (Wildman–Crippen MR) is 78.8 cm³/mol. The minimum Gasteiger partial charge on any atom is -0.448 e. The average molecular weight is 303 g/mol. The fourth-order valence-electron chi connectivity index (χ4n) is 2.01. The van der Waals surface area contributed by atoms with E-state index < -0.39 is 4.92 Å². The Kier molecular flexibility index (Phi) is 4.10. The van der Waals surface area contributed by atoms with Gasteiger partial charge < -0.3 is 4.74 Å². The van der Waals surface area contributed by atoms with E-state index in [0.29, 0.717) is 5.56 Å².